The zero-order chi connectivity index (χ0) is 21.8. The first-order valence-electron chi connectivity index (χ1n) is 10.8. The number of nitrogens with zero attached hydrogens (tertiary/aromatic N) is 2. The molecule has 1 N–H and O–H groups in total. The van der Waals surface area contributed by atoms with Crippen molar-refractivity contribution >= 4 is 27.9 Å². The Morgan fingerprint density at radius 3 is 2.44 bits per heavy atom. The molecule has 0 aliphatic heterocycles. The summed E-state index contributed by atoms with van der Waals surface area (Å²) in [4.78, 5) is 0. The second-order valence-electron chi connectivity index (χ2n) is 7.77. The van der Waals surface area contributed by atoms with Gasteiger partial charge in [0.1, 0.15) is 5.75 Å². The van der Waals surface area contributed by atoms with Crippen LogP contribution >= 0.6 is 0 Å². The summed E-state index contributed by atoms with van der Waals surface area (Å²) < 4.78 is 7.72. The molecule has 0 aliphatic carbocycles. The minimum absolute atomic E-state index is 0.606. The Balaban J connectivity index is 1.41. The highest BCUT2D eigenvalue weighted by molar-refractivity contribution is 5.99. The standard InChI is InChI=1S/C28H25N3O/c1-32-28-16-7-3-10-22(28)17-29-30-18-24-20-31(27-15-6-5-14-26(24)27)19-23-12-8-11-21-9-2-4-13-25(21)23/h2-16,18,20,29H,17,19H2,1H3/b30-18+. The van der Waals surface area contributed by atoms with Gasteiger partial charge in [-0.1, -0.05) is 78.9 Å². The van der Waals surface area contributed by atoms with Crippen LogP contribution < -0.4 is 10.2 Å². The lowest BCUT2D eigenvalue weighted by Crippen LogP contribution is -2.06. The van der Waals surface area contributed by atoms with Crippen molar-refractivity contribution in [1.82, 2.24) is 9.99 Å². The molecule has 0 fully saturated rings. The first-order valence-corrected chi connectivity index (χ1v) is 10.8. The van der Waals surface area contributed by atoms with Crippen LogP contribution in [0.3, 0.4) is 0 Å². The summed E-state index contributed by atoms with van der Waals surface area (Å²) in [5, 5.41) is 8.24. The smallest absolute Gasteiger partial charge is 0.123 e. The molecule has 0 atom stereocenters. The third-order valence-corrected chi connectivity index (χ3v) is 5.80. The molecule has 0 amide bonds. The van der Waals surface area contributed by atoms with Crippen molar-refractivity contribution in [3.63, 3.8) is 0 Å². The fourth-order valence-corrected chi connectivity index (χ4v) is 4.22. The average Bonchev–Trinajstić information content (AvgIpc) is 3.20. The third kappa shape index (κ3) is 3.95. The quantitative estimate of drug-likeness (QED) is 0.260. The topological polar surface area (TPSA) is 38.5 Å². The predicted molar refractivity (Wildman–Crippen MR) is 132 cm³/mol. The molecule has 158 valence electrons. The summed E-state index contributed by atoms with van der Waals surface area (Å²) in [6.45, 7) is 1.42. The maximum Gasteiger partial charge on any atom is 0.123 e. The Hall–Kier alpha value is -4.05. The van der Waals surface area contributed by atoms with E-state index in [-0.39, 0.29) is 0 Å². The highest BCUT2D eigenvalue weighted by atomic mass is 16.5. The molecule has 0 unspecified atom stereocenters. The molecule has 0 aliphatic rings. The number of methoxy groups -OCH3 is 1. The lowest BCUT2D eigenvalue weighted by Gasteiger charge is -2.09. The van der Waals surface area contributed by atoms with Crippen molar-refractivity contribution in [2.75, 3.05) is 7.11 Å². The molecule has 4 aromatic carbocycles. The number of benzene rings is 4. The van der Waals surface area contributed by atoms with Gasteiger partial charge in [0.2, 0.25) is 0 Å². The number of rotatable bonds is 7. The Morgan fingerprint density at radius 2 is 1.53 bits per heavy atom. The van der Waals surface area contributed by atoms with Crippen LogP contribution in [0.25, 0.3) is 21.7 Å². The molecule has 1 heterocycles. The van der Waals surface area contributed by atoms with Gasteiger partial charge in [-0.3, -0.25) is 0 Å². The van der Waals surface area contributed by atoms with E-state index in [9.17, 15) is 0 Å². The molecular formula is C28H25N3O. The summed E-state index contributed by atoms with van der Waals surface area (Å²) in [5.41, 5.74) is 7.83. The number of hydrazone groups is 1. The molecule has 0 radical (unpaired) electrons. The van der Waals surface area contributed by atoms with Gasteiger partial charge in [-0.25, -0.2) is 0 Å². The monoisotopic (exact) mass is 419 g/mol. The van der Waals surface area contributed by atoms with E-state index in [0.29, 0.717) is 6.54 Å². The van der Waals surface area contributed by atoms with Gasteiger partial charge in [0.25, 0.3) is 0 Å². The molecule has 0 saturated carbocycles. The highest BCUT2D eigenvalue weighted by Crippen LogP contribution is 2.24. The van der Waals surface area contributed by atoms with Gasteiger partial charge in [0, 0.05) is 34.8 Å². The zero-order valence-electron chi connectivity index (χ0n) is 18.0. The molecule has 5 rings (SSSR count). The number of hydrogen-bond acceptors (Lipinski definition) is 3. The maximum absolute atomic E-state index is 5.41. The minimum Gasteiger partial charge on any atom is -0.496 e. The van der Waals surface area contributed by atoms with Gasteiger partial charge in [0.15, 0.2) is 0 Å². The predicted octanol–water partition coefficient (Wildman–Crippen LogP) is 5.98. The summed E-state index contributed by atoms with van der Waals surface area (Å²) in [6, 6.07) is 31.5. The Bertz CT molecular complexity index is 1400. The minimum atomic E-state index is 0.606. The molecule has 32 heavy (non-hydrogen) atoms. The maximum atomic E-state index is 5.41. The normalized spacial score (nSPS) is 11.4. The number of hydrogen-bond donors (Lipinski definition) is 1. The van der Waals surface area contributed by atoms with E-state index >= 15 is 0 Å². The molecule has 0 bridgehead atoms. The Kier molecular flexibility index (Phi) is 5.58. The van der Waals surface area contributed by atoms with Crippen LogP contribution in [0.15, 0.2) is 102 Å². The van der Waals surface area contributed by atoms with E-state index in [1.807, 2.05) is 30.5 Å². The van der Waals surface area contributed by atoms with E-state index in [4.69, 9.17) is 4.74 Å². The summed E-state index contributed by atoms with van der Waals surface area (Å²) >= 11 is 0. The molecular weight excluding hydrogens is 394 g/mol. The largest absolute Gasteiger partial charge is 0.496 e. The van der Waals surface area contributed by atoms with Crippen molar-refractivity contribution in [1.29, 1.82) is 0 Å². The third-order valence-electron chi connectivity index (χ3n) is 5.80. The molecule has 0 saturated heterocycles. The first kappa shape index (κ1) is 19.9. The first-order chi connectivity index (χ1) is 15.8. The number of nitrogens with one attached hydrogen (secondary N) is 1. The van der Waals surface area contributed by atoms with Crippen molar-refractivity contribution < 1.29 is 4.74 Å². The fourth-order valence-electron chi connectivity index (χ4n) is 4.22. The molecule has 0 spiro atoms. The van der Waals surface area contributed by atoms with Crippen molar-refractivity contribution in [3.8, 4) is 5.75 Å². The van der Waals surface area contributed by atoms with Crippen LogP contribution in [0.5, 0.6) is 5.75 Å². The van der Waals surface area contributed by atoms with E-state index in [1.54, 1.807) is 7.11 Å². The van der Waals surface area contributed by atoms with Crippen LogP contribution in [0.4, 0.5) is 0 Å². The summed E-state index contributed by atoms with van der Waals surface area (Å²) in [7, 11) is 1.69. The van der Waals surface area contributed by atoms with Gasteiger partial charge in [0.05, 0.1) is 19.9 Å². The van der Waals surface area contributed by atoms with Crippen molar-refractivity contribution in [2.45, 2.75) is 13.1 Å². The second kappa shape index (κ2) is 8.98. The van der Waals surface area contributed by atoms with Crippen LogP contribution in [-0.4, -0.2) is 17.9 Å². The van der Waals surface area contributed by atoms with E-state index in [1.165, 1.54) is 27.2 Å². The van der Waals surface area contributed by atoms with Gasteiger partial charge in [-0.15, -0.1) is 0 Å². The number of fused-ring (bicyclic) bond motifs is 2. The summed E-state index contributed by atoms with van der Waals surface area (Å²) in [6.07, 6.45) is 4.08. The lowest BCUT2D eigenvalue weighted by molar-refractivity contribution is 0.408. The molecule has 1 aromatic heterocycles. The second-order valence-corrected chi connectivity index (χ2v) is 7.77. The van der Waals surface area contributed by atoms with Crippen LogP contribution in [0.2, 0.25) is 0 Å². The number of aromatic nitrogens is 1. The van der Waals surface area contributed by atoms with E-state index < -0.39 is 0 Å². The zero-order valence-corrected chi connectivity index (χ0v) is 18.0. The molecule has 4 nitrogen and oxygen atoms in total. The lowest BCUT2D eigenvalue weighted by atomic mass is 10.0. The van der Waals surface area contributed by atoms with Crippen molar-refractivity contribution in [2.24, 2.45) is 5.10 Å². The average molecular weight is 420 g/mol. The molecule has 4 heteroatoms. The van der Waals surface area contributed by atoms with Crippen LogP contribution in [0, 0.1) is 0 Å². The van der Waals surface area contributed by atoms with Gasteiger partial charge in [-0.2, -0.15) is 5.10 Å². The van der Waals surface area contributed by atoms with Gasteiger partial charge >= 0.3 is 0 Å². The fraction of sp³-hybridized carbons (Fsp3) is 0.107. The summed E-state index contributed by atoms with van der Waals surface area (Å²) in [5.74, 6) is 0.863. The Morgan fingerprint density at radius 1 is 0.812 bits per heavy atom. The van der Waals surface area contributed by atoms with Gasteiger partial charge < -0.3 is 14.7 Å². The number of para-hydroxylation sites is 2. The van der Waals surface area contributed by atoms with E-state index in [0.717, 1.165) is 23.4 Å². The SMILES string of the molecule is COc1ccccc1CN/N=C/c1cn(Cc2cccc3ccccc23)c2ccccc12. The number of ether oxygens (including phenoxy) is 1. The van der Waals surface area contributed by atoms with Crippen LogP contribution in [-0.2, 0) is 13.1 Å². The Labute approximate surface area is 187 Å². The molecule has 5 aromatic rings. The van der Waals surface area contributed by atoms with Crippen molar-refractivity contribution in [3.05, 3.63) is 114 Å². The van der Waals surface area contributed by atoms with Gasteiger partial charge in [-0.05, 0) is 28.5 Å². The highest BCUT2D eigenvalue weighted by Gasteiger charge is 2.09. The van der Waals surface area contributed by atoms with E-state index in [2.05, 4.69) is 88.0 Å². The van der Waals surface area contributed by atoms with Crippen LogP contribution in [0.1, 0.15) is 16.7 Å².